The summed E-state index contributed by atoms with van der Waals surface area (Å²) in [5.41, 5.74) is 0. The molecule has 0 rings (SSSR count). The summed E-state index contributed by atoms with van der Waals surface area (Å²) in [6.45, 7) is 6.21. The van der Waals surface area contributed by atoms with Crippen LogP contribution in [0.15, 0.2) is 0 Å². The van der Waals surface area contributed by atoms with E-state index in [1.165, 1.54) is 0 Å². The topological polar surface area (TPSA) is 78.9 Å². The Labute approximate surface area is 138 Å². The predicted molar refractivity (Wildman–Crippen MR) is 86.0 cm³/mol. The number of rotatable bonds is 8. The molecule has 0 spiro atoms. The SMILES string of the molecule is CCOP(=O)(OCC)OCC.O=P(Cl)(Cl)CP(=O)(Cl)Cl. The molecule has 0 unspecified atom stereocenters. The van der Waals surface area contributed by atoms with E-state index in [0.29, 0.717) is 19.8 Å². The summed E-state index contributed by atoms with van der Waals surface area (Å²) in [4.78, 5) is 0. The van der Waals surface area contributed by atoms with Gasteiger partial charge >= 0.3 is 7.82 Å². The van der Waals surface area contributed by atoms with Gasteiger partial charge in [-0.05, 0) is 65.7 Å². The minimum atomic E-state index is -3.37. The molecule has 0 saturated carbocycles. The Bertz CT molecular complexity index is 350. The van der Waals surface area contributed by atoms with E-state index in [9.17, 15) is 13.7 Å². The lowest BCUT2D eigenvalue weighted by molar-refractivity contribution is 0.126. The molecule has 0 heterocycles. The maximum Gasteiger partial charge on any atom is 0.474 e. The lowest BCUT2D eigenvalue weighted by atomic mass is 10.9. The van der Waals surface area contributed by atoms with Gasteiger partial charge in [0, 0.05) is 0 Å². The van der Waals surface area contributed by atoms with E-state index in [0.717, 1.165) is 0 Å². The van der Waals surface area contributed by atoms with Crippen molar-refractivity contribution < 1.29 is 27.3 Å². The van der Waals surface area contributed by atoms with Crippen molar-refractivity contribution >= 4 is 64.5 Å². The van der Waals surface area contributed by atoms with Gasteiger partial charge in [-0.1, -0.05) is 0 Å². The number of hydrogen-bond acceptors (Lipinski definition) is 6. The van der Waals surface area contributed by atoms with Crippen LogP contribution >= 0.6 is 64.5 Å². The Kier molecular flexibility index (Phi) is 13.5. The van der Waals surface area contributed by atoms with Gasteiger partial charge in [0.05, 0.1) is 19.8 Å². The van der Waals surface area contributed by atoms with Gasteiger partial charge in [0.2, 0.25) is 0 Å². The third-order valence-corrected chi connectivity index (χ3v) is 9.40. The van der Waals surface area contributed by atoms with Crippen molar-refractivity contribution in [2.45, 2.75) is 20.8 Å². The molecular formula is C7H17Cl4O6P3. The maximum atomic E-state index is 11.3. The van der Waals surface area contributed by atoms with Crippen molar-refractivity contribution in [1.82, 2.24) is 0 Å². The lowest BCUT2D eigenvalue weighted by Crippen LogP contribution is -1.99. The Morgan fingerprint density at radius 1 is 0.700 bits per heavy atom. The van der Waals surface area contributed by atoms with Crippen LogP contribution in [-0.4, -0.2) is 25.7 Å². The van der Waals surface area contributed by atoms with Crippen LogP contribution < -0.4 is 0 Å². The van der Waals surface area contributed by atoms with Gasteiger partial charge in [0.25, 0.3) is 11.7 Å². The molecule has 0 aliphatic rings. The normalized spacial score (nSPS) is 12.8. The van der Waals surface area contributed by atoms with Crippen LogP contribution in [0.1, 0.15) is 20.8 Å². The zero-order chi connectivity index (χ0) is 16.4. The van der Waals surface area contributed by atoms with E-state index < -0.39 is 25.4 Å². The molecule has 0 N–H and O–H groups in total. The predicted octanol–water partition coefficient (Wildman–Crippen LogP) is 6.49. The van der Waals surface area contributed by atoms with Crippen LogP contribution in [0, 0.1) is 0 Å². The van der Waals surface area contributed by atoms with Crippen LogP contribution in [0.25, 0.3) is 0 Å². The molecule has 0 aliphatic heterocycles. The van der Waals surface area contributed by atoms with Crippen molar-refractivity contribution in [2.75, 3.05) is 25.7 Å². The fourth-order valence-electron chi connectivity index (χ4n) is 0.778. The number of halogens is 4. The fourth-order valence-corrected chi connectivity index (χ4v) is 10.9. The zero-order valence-electron chi connectivity index (χ0n) is 11.1. The number of phosphoric ester groups is 1. The van der Waals surface area contributed by atoms with E-state index in [1.807, 2.05) is 0 Å². The number of hydrogen-bond donors (Lipinski definition) is 0. The summed E-state index contributed by atoms with van der Waals surface area (Å²) in [7, 11) is -3.22. The highest BCUT2D eigenvalue weighted by atomic mass is 35.9. The number of phosphoric acid groups is 1. The van der Waals surface area contributed by atoms with Crippen molar-refractivity contribution in [2.24, 2.45) is 0 Å². The van der Waals surface area contributed by atoms with Gasteiger partial charge in [-0.3, -0.25) is 22.7 Å². The van der Waals surface area contributed by atoms with Gasteiger partial charge in [-0.2, -0.15) is 0 Å². The van der Waals surface area contributed by atoms with Crippen LogP contribution in [0.5, 0.6) is 0 Å². The average Bonchev–Trinajstić information content (AvgIpc) is 2.12. The highest BCUT2D eigenvalue weighted by molar-refractivity contribution is 8.21. The molecule has 0 bridgehead atoms. The van der Waals surface area contributed by atoms with Gasteiger partial charge in [-0.15, -0.1) is 0 Å². The molecule has 0 amide bonds. The highest BCUT2D eigenvalue weighted by Gasteiger charge is 2.26. The molecule has 0 aromatic rings. The molecule has 6 nitrogen and oxygen atoms in total. The van der Waals surface area contributed by atoms with Crippen molar-refractivity contribution in [3.63, 3.8) is 0 Å². The first kappa shape index (κ1) is 24.0. The second-order valence-corrected chi connectivity index (χ2v) is 15.7. The summed E-state index contributed by atoms with van der Waals surface area (Å²) in [5.74, 6) is -7.28. The van der Waals surface area contributed by atoms with E-state index in [2.05, 4.69) is 0 Å². The smallest absolute Gasteiger partial charge is 0.289 e. The van der Waals surface area contributed by atoms with E-state index in [1.54, 1.807) is 20.8 Å². The molecular weight excluding hydrogens is 415 g/mol. The van der Waals surface area contributed by atoms with Gasteiger partial charge < -0.3 is 0 Å². The van der Waals surface area contributed by atoms with E-state index in [-0.39, 0.29) is 0 Å². The third kappa shape index (κ3) is 17.8. The van der Waals surface area contributed by atoms with Gasteiger partial charge in [0.15, 0.2) is 0 Å². The first-order valence-electron chi connectivity index (χ1n) is 5.39. The van der Waals surface area contributed by atoms with Crippen LogP contribution in [0.4, 0.5) is 0 Å². The quantitative estimate of drug-likeness (QED) is 0.408. The van der Waals surface area contributed by atoms with Crippen molar-refractivity contribution in [1.29, 1.82) is 0 Å². The molecule has 20 heavy (non-hydrogen) atoms. The summed E-state index contributed by atoms with van der Waals surface area (Å²) in [6.07, 6.45) is 0. The monoisotopic (exact) mass is 430 g/mol. The summed E-state index contributed by atoms with van der Waals surface area (Å²) >= 11 is 20.0. The first-order valence-corrected chi connectivity index (χ1v) is 14.3. The van der Waals surface area contributed by atoms with E-state index >= 15 is 0 Å². The Morgan fingerprint density at radius 3 is 1.05 bits per heavy atom. The van der Waals surface area contributed by atoms with Crippen molar-refractivity contribution in [3.8, 4) is 0 Å². The Morgan fingerprint density at radius 2 is 0.950 bits per heavy atom. The lowest BCUT2D eigenvalue weighted by Gasteiger charge is -2.14. The van der Waals surface area contributed by atoms with Crippen LogP contribution in [-0.2, 0) is 27.3 Å². The molecule has 0 fully saturated rings. The summed E-state index contributed by atoms with van der Waals surface area (Å²) in [6, 6.07) is 0. The van der Waals surface area contributed by atoms with E-state index in [4.69, 9.17) is 58.5 Å². The molecule has 13 heteroatoms. The average molecular weight is 432 g/mol. The molecule has 0 aliphatic carbocycles. The summed E-state index contributed by atoms with van der Waals surface area (Å²) < 4.78 is 46.7. The van der Waals surface area contributed by atoms with Crippen LogP contribution in [0.3, 0.4) is 0 Å². The van der Waals surface area contributed by atoms with Gasteiger partial charge in [0.1, 0.15) is 5.90 Å². The second-order valence-electron chi connectivity index (χ2n) is 2.98. The van der Waals surface area contributed by atoms with Gasteiger partial charge in [-0.25, -0.2) is 4.57 Å². The fraction of sp³-hybridized carbons (Fsp3) is 1.00. The van der Waals surface area contributed by atoms with Crippen molar-refractivity contribution in [3.05, 3.63) is 0 Å². The molecule has 0 aromatic carbocycles. The first-order chi connectivity index (χ1) is 8.89. The minimum Gasteiger partial charge on any atom is -0.289 e. The molecule has 0 aromatic heterocycles. The minimum absolute atomic E-state index is 0.331. The zero-order valence-corrected chi connectivity index (χ0v) is 16.8. The Hall–Kier alpha value is 1.73. The molecule has 124 valence electrons. The standard InChI is InChI=1S/C6H15O4P.CH2Cl4O2P2/c1-4-8-11(7,9-5-2)10-6-3;2-8(3,6)1-9(4,5)7/h4-6H2,1-3H3;1H2. The summed E-state index contributed by atoms with van der Waals surface area (Å²) in [5, 5.41) is 0. The third-order valence-electron chi connectivity index (χ3n) is 1.19. The second kappa shape index (κ2) is 11.3. The largest absolute Gasteiger partial charge is 0.474 e. The molecule has 0 saturated heterocycles. The molecule has 0 radical (unpaired) electrons. The Balaban J connectivity index is 0. The van der Waals surface area contributed by atoms with Crippen LogP contribution in [0.2, 0.25) is 0 Å². The molecule has 0 atom stereocenters. The highest BCUT2D eigenvalue weighted by Crippen LogP contribution is 2.72. The maximum absolute atomic E-state index is 11.3.